The Bertz CT molecular complexity index is 786. The summed E-state index contributed by atoms with van der Waals surface area (Å²) in [5.41, 5.74) is 1.11. The number of hydrogen-bond donors (Lipinski definition) is 0. The molecule has 1 heterocycles. The van der Waals surface area contributed by atoms with Crippen molar-refractivity contribution in [2.24, 2.45) is 11.1 Å². The van der Waals surface area contributed by atoms with Gasteiger partial charge in [-0.25, -0.2) is 0 Å². The van der Waals surface area contributed by atoms with Gasteiger partial charge in [0.15, 0.2) is 22.9 Å². The van der Waals surface area contributed by atoms with Crippen molar-refractivity contribution in [3.63, 3.8) is 0 Å². The van der Waals surface area contributed by atoms with Crippen LogP contribution in [0.3, 0.4) is 0 Å². The molecule has 1 aliphatic rings. The number of allylic oxidation sites excluding steroid dienone is 2. The Morgan fingerprint density at radius 1 is 0.875 bits per heavy atom. The van der Waals surface area contributed by atoms with Gasteiger partial charge in [-0.1, -0.05) is 37.1 Å². The Hall–Kier alpha value is -0.789. The fourth-order valence-corrected chi connectivity index (χ4v) is 7.87. The van der Waals surface area contributed by atoms with Gasteiger partial charge in [-0.3, -0.25) is 4.79 Å². The molecule has 1 rings (SSSR count). The zero-order chi connectivity index (χ0) is 30.4. The summed E-state index contributed by atoms with van der Waals surface area (Å²) in [5, 5.41) is 4.36. The minimum atomic E-state index is -1.82. The molecule has 0 spiro atoms. The van der Waals surface area contributed by atoms with Crippen LogP contribution < -0.4 is 0 Å². The maximum atomic E-state index is 12.1. The van der Waals surface area contributed by atoms with Crippen LogP contribution in [-0.2, 0) is 27.6 Å². The van der Waals surface area contributed by atoms with Crippen LogP contribution >= 0.6 is 0 Å². The normalized spacial score (nSPS) is 23.0. The van der Waals surface area contributed by atoms with Gasteiger partial charge in [-0.15, -0.1) is 0 Å². The summed E-state index contributed by atoms with van der Waals surface area (Å²) in [4.78, 5) is 17.3. The van der Waals surface area contributed by atoms with Crippen molar-refractivity contribution in [1.29, 1.82) is 0 Å². The first-order chi connectivity index (χ1) is 18.5. The average Bonchev–Trinajstić information content (AvgIpc) is 2.77. The van der Waals surface area contributed by atoms with E-state index in [0.717, 1.165) is 57.1 Å². The number of ether oxygens (including phenoxy) is 1. The van der Waals surface area contributed by atoms with Crippen molar-refractivity contribution in [3.8, 4) is 0 Å². The third kappa shape index (κ3) is 17.9. The second-order valence-electron chi connectivity index (χ2n) is 14.0. The van der Waals surface area contributed by atoms with Gasteiger partial charge in [0.25, 0.3) is 5.97 Å². The molecule has 234 valence electrons. The van der Waals surface area contributed by atoms with E-state index in [1.54, 1.807) is 7.11 Å². The van der Waals surface area contributed by atoms with E-state index in [1.165, 1.54) is 12.8 Å². The lowest BCUT2D eigenvalue weighted by Crippen LogP contribution is -2.51. The molecule has 1 aliphatic heterocycles. The molecule has 1 fully saturated rings. The Morgan fingerprint density at radius 3 is 2.12 bits per heavy atom. The summed E-state index contributed by atoms with van der Waals surface area (Å²) in [6, 6.07) is 0. The number of nitrogens with zero attached hydrogens (tertiary/aromatic N) is 1. The fraction of sp³-hybridized carbons (Fsp3) is 0.867. The van der Waals surface area contributed by atoms with Gasteiger partial charge in [-0.2, -0.15) is 0 Å². The molecule has 0 amide bonds. The molecule has 40 heavy (non-hydrogen) atoms. The second kappa shape index (κ2) is 18.0. The molecule has 0 radical (unpaired) electrons. The van der Waals surface area contributed by atoms with Gasteiger partial charge >= 0.3 is 0 Å². The number of rotatable bonds is 19. The first-order valence-electron chi connectivity index (χ1n) is 15.5. The third-order valence-electron chi connectivity index (χ3n) is 6.45. The third-order valence-corrected chi connectivity index (χ3v) is 9.27. The van der Waals surface area contributed by atoms with Crippen LogP contribution in [0.5, 0.6) is 0 Å². The van der Waals surface area contributed by atoms with Crippen molar-refractivity contribution < 1.29 is 27.6 Å². The Morgan fingerprint density at radius 2 is 1.55 bits per heavy atom. The zero-order valence-corrected chi connectivity index (χ0v) is 30.6. The molecule has 0 saturated carbocycles. The van der Waals surface area contributed by atoms with E-state index in [0.29, 0.717) is 6.42 Å². The summed E-state index contributed by atoms with van der Waals surface area (Å²) < 4.78 is 25.6. The number of hydrogen-bond acceptors (Lipinski definition) is 7. The highest BCUT2D eigenvalue weighted by Crippen LogP contribution is 2.36. The van der Waals surface area contributed by atoms with E-state index < -0.39 is 25.0 Å². The molecule has 1 saturated heterocycles. The molecule has 0 aromatic heterocycles. The SMILES string of the molecule is CCCCC/C(CC[C@H]1OC(O[Si](C)(C)C)C[C@H](O[Si](C)(C)C)[C@@H]1C/C=C\CCCC(=O)O[Si](C)(C)C)=N/OC. The molecule has 0 aromatic rings. The van der Waals surface area contributed by atoms with E-state index in [9.17, 15) is 4.79 Å². The van der Waals surface area contributed by atoms with Gasteiger partial charge in [0.05, 0.1) is 17.9 Å². The van der Waals surface area contributed by atoms with Gasteiger partial charge in [0, 0.05) is 18.8 Å². The smallest absolute Gasteiger partial charge is 0.292 e. The van der Waals surface area contributed by atoms with Crippen molar-refractivity contribution in [1.82, 2.24) is 0 Å². The van der Waals surface area contributed by atoms with Crippen molar-refractivity contribution in [2.45, 2.75) is 155 Å². The van der Waals surface area contributed by atoms with E-state index in [-0.39, 0.29) is 30.4 Å². The largest absolute Gasteiger partial charge is 0.520 e. The molecule has 0 N–H and O–H groups in total. The number of oxime groups is 1. The molecule has 4 atom stereocenters. The standard InChI is InChI=1S/C30H61NO6Si3/c1-12-13-16-19-25(31-33-2)22-23-27-26(20-17-14-15-18-21-29(32)36-39(6,7)8)28(35-38(3,4)5)24-30(34-27)37-40(9,10)11/h14,17,26-28,30H,12-13,15-16,18-24H2,1-11H3/b17-14-,31-25-/t26-,27-,28+,30?/m1/s1. The Labute approximate surface area is 249 Å². The topological polar surface area (TPSA) is 75.6 Å². The van der Waals surface area contributed by atoms with Crippen LogP contribution in [0.25, 0.3) is 0 Å². The molecule has 1 unspecified atom stereocenters. The number of carbonyl (C=O) groups excluding carboxylic acids is 1. The maximum absolute atomic E-state index is 12.1. The minimum Gasteiger partial charge on any atom is -0.520 e. The van der Waals surface area contributed by atoms with Crippen LogP contribution in [0.15, 0.2) is 17.3 Å². The summed E-state index contributed by atoms with van der Waals surface area (Å²) in [6.07, 6.45) is 14.3. The number of carbonyl (C=O) groups is 1. The first kappa shape index (κ1) is 37.2. The summed E-state index contributed by atoms with van der Waals surface area (Å²) >= 11 is 0. The van der Waals surface area contributed by atoms with Crippen molar-refractivity contribution in [2.75, 3.05) is 7.11 Å². The summed E-state index contributed by atoms with van der Waals surface area (Å²) in [5.74, 6) is 0.165. The van der Waals surface area contributed by atoms with E-state index in [2.05, 4.69) is 63.5 Å². The van der Waals surface area contributed by atoms with Crippen molar-refractivity contribution >= 4 is 36.6 Å². The highest BCUT2D eigenvalue weighted by molar-refractivity contribution is 6.71. The maximum Gasteiger partial charge on any atom is 0.292 e. The lowest BCUT2D eigenvalue weighted by Gasteiger charge is -2.45. The van der Waals surface area contributed by atoms with Crippen molar-refractivity contribution in [3.05, 3.63) is 12.2 Å². The highest BCUT2D eigenvalue weighted by atomic mass is 28.4. The highest BCUT2D eigenvalue weighted by Gasteiger charge is 2.42. The first-order valence-corrected chi connectivity index (χ1v) is 25.7. The van der Waals surface area contributed by atoms with E-state index in [4.69, 9.17) is 22.9 Å². The fourth-order valence-electron chi connectivity index (χ4n) is 4.96. The molecule has 0 bridgehead atoms. The van der Waals surface area contributed by atoms with Crippen LogP contribution in [0.4, 0.5) is 0 Å². The molecule has 10 heteroatoms. The van der Waals surface area contributed by atoms with Crippen LogP contribution in [0.2, 0.25) is 58.9 Å². The lowest BCUT2D eigenvalue weighted by atomic mass is 9.85. The number of unbranched alkanes of at least 4 members (excludes halogenated alkanes) is 3. The minimum absolute atomic E-state index is 0.0149. The predicted molar refractivity (Wildman–Crippen MR) is 174 cm³/mol. The average molecular weight is 616 g/mol. The molecular weight excluding hydrogens is 555 g/mol. The van der Waals surface area contributed by atoms with Gasteiger partial charge < -0.3 is 22.9 Å². The second-order valence-corrected chi connectivity index (χ2v) is 27.4. The molecule has 7 nitrogen and oxygen atoms in total. The van der Waals surface area contributed by atoms with Gasteiger partial charge in [0.1, 0.15) is 7.11 Å². The Kier molecular flexibility index (Phi) is 16.8. The summed E-state index contributed by atoms with van der Waals surface area (Å²) in [7, 11) is -3.77. The Balaban J connectivity index is 2.99. The van der Waals surface area contributed by atoms with E-state index in [1.807, 2.05) is 19.6 Å². The van der Waals surface area contributed by atoms with Gasteiger partial charge in [0.2, 0.25) is 8.32 Å². The van der Waals surface area contributed by atoms with Crippen LogP contribution in [0, 0.1) is 5.92 Å². The zero-order valence-electron chi connectivity index (χ0n) is 27.6. The van der Waals surface area contributed by atoms with Crippen LogP contribution in [0.1, 0.15) is 77.6 Å². The molecule has 0 aliphatic carbocycles. The van der Waals surface area contributed by atoms with Crippen LogP contribution in [-0.4, -0.2) is 62.2 Å². The quantitative estimate of drug-likeness (QED) is 0.0476. The monoisotopic (exact) mass is 615 g/mol. The lowest BCUT2D eigenvalue weighted by molar-refractivity contribution is -0.203. The van der Waals surface area contributed by atoms with Gasteiger partial charge in [-0.05, 0) is 104 Å². The molecular formula is C30H61NO6Si3. The predicted octanol–water partition coefficient (Wildman–Crippen LogP) is 8.65. The molecule has 0 aromatic carbocycles. The summed E-state index contributed by atoms with van der Waals surface area (Å²) in [6.45, 7) is 21.8. The van der Waals surface area contributed by atoms with E-state index >= 15 is 0 Å².